The molecule has 1 atom stereocenters. The van der Waals surface area contributed by atoms with E-state index in [0.29, 0.717) is 49.2 Å². The number of amides is 1. The number of benzodiazepines with no additional fused rings is 1. The number of benzene rings is 2. The summed E-state index contributed by atoms with van der Waals surface area (Å²) >= 11 is 1.08. The van der Waals surface area contributed by atoms with Gasteiger partial charge in [0.05, 0.1) is 36.3 Å². The van der Waals surface area contributed by atoms with Crippen LogP contribution < -0.4 is 15.5 Å². The highest BCUT2D eigenvalue weighted by atomic mass is 32.1. The fourth-order valence-corrected chi connectivity index (χ4v) is 4.54. The molecule has 2 aromatic heterocycles. The van der Waals surface area contributed by atoms with Crippen LogP contribution in [0.5, 0.6) is 0 Å². The molecule has 0 saturated carbocycles. The number of anilines is 3. The van der Waals surface area contributed by atoms with E-state index >= 15 is 0 Å². The summed E-state index contributed by atoms with van der Waals surface area (Å²) in [6.45, 7) is 2.65. The largest absolute Gasteiger partial charge is 0.401 e. The van der Waals surface area contributed by atoms with Crippen molar-refractivity contribution in [3.8, 4) is 11.6 Å². The molecule has 2 aliphatic rings. The van der Waals surface area contributed by atoms with Gasteiger partial charge in [-0.3, -0.25) is 4.79 Å². The zero-order chi connectivity index (χ0) is 23.6. The van der Waals surface area contributed by atoms with Gasteiger partial charge in [0.1, 0.15) is 0 Å². The molecule has 12 heteroatoms. The lowest BCUT2D eigenvalue weighted by molar-refractivity contribution is -0.116. The van der Waals surface area contributed by atoms with Crippen LogP contribution in [0.3, 0.4) is 0 Å². The van der Waals surface area contributed by atoms with Crippen LogP contribution in [0.1, 0.15) is 11.1 Å². The fraction of sp³-hybridized carbons (Fsp3) is 0.217. The van der Waals surface area contributed by atoms with Crippen molar-refractivity contribution in [2.75, 3.05) is 41.8 Å². The lowest BCUT2D eigenvalue weighted by atomic mass is 10.0. The normalized spacial score (nSPS) is 17.8. The summed E-state index contributed by atoms with van der Waals surface area (Å²) in [4.78, 5) is 19.9. The first-order valence-electron chi connectivity index (χ1n) is 11.1. The summed E-state index contributed by atoms with van der Waals surface area (Å²) in [5, 5.41) is 14.1. The van der Waals surface area contributed by atoms with Gasteiger partial charge >= 0.3 is 6.01 Å². The first kappa shape index (κ1) is 21.4. The number of carbonyl (C=O) groups excluding carboxylic acids is 1. The van der Waals surface area contributed by atoms with E-state index in [-0.39, 0.29) is 17.8 Å². The number of hydrogen-bond donors (Lipinski definition) is 2. The van der Waals surface area contributed by atoms with Gasteiger partial charge in [0.2, 0.25) is 6.17 Å². The number of hydrogen-bond acceptors (Lipinski definition) is 11. The molecule has 0 spiro atoms. The van der Waals surface area contributed by atoms with Crippen LogP contribution in [0.15, 0.2) is 64.0 Å². The van der Waals surface area contributed by atoms with Crippen LogP contribution in [0.25, 0.3) is 11.6 Å². The minimum atomic E-state index is -0.988. The number of fused-ring (bicyclic) bond motifs is 1. The van der Waals surface area contributed by atoms with E-state index in [1.807, 2.05) is 54.6 Å². The summed E-state index contributed by atoms with van der Waals surface area (Å²) in [6.07, 6.45) is -0.988. The quantitative estimate of drug-likeness (QED) is 0.435. The van der Waals surface area contributed by atoms with Gasteiger partial charge in [-0.2, -0.15) is 8.75 Å². The predicted octanol–water partition coefficient (Wildman–Crippen LogP) is 2.65. The van der Waals surface area contributed by atoms with Crippen LogP contribution >= 0.6 is 11.7 Å². The van der Waals surface area contributed by atoms with E-state index in [2.05, 4.69) is 34.5 Å². The van der Waals surface area contributed by atoms with Crippen molar-refractivity contribution >= 4 is 40.9 Å². The first-order valence-corrected chi connectivity index (χ1v) is 11.8. The lowest BCUT2D eigenvalue weighted by Gasteiger charge is -2.26. The summed E-state index contributed by atoms with van der Waals surface area (Å²) < 4.78 is 20.0. The number of para-hydroxylation sites is 1. The second kappa shape index (κ2) is 9.24. The molecule has 0 aliphatic carbocycles. The summed E-state index contributed by atoms with van der Waals surface area (Å²) in [6, 6.07) is 17.3. The molecule has 1 amide bonds. The van der Waals surface area contributed by atoms with Crippen LogP contribution in [0, 0.1) is 0 Å². The molecule has 1 saturated heterocycles. The average Bonchev–Trinajstić information content (AvgIpc) is 3.55. The zero-order valence-corrected chi connectivity index (χ0v) is 19.2. The molecule has 35 heavy (non-hydrogen) atoms. The Hall–Kier alpha value is -4.16. The minimum Gasteiger partial charge on any atom is -0.401 e. The highest BCUT2D eigenvalue weighted by molar-refractivity contribution is 6.99. The molecule has 0 radical (unpaired) electrons. The van der Waals surface area contributed by atoms with E-state index in [1.54, 1.807) is 0 Å². The Labute approximate surface area is 204 Å². The maximum Gasteiger partial charge on any atom is 0.317 e. The molecular weight excluding hydrogens is 468 g/mol. The van der Waals surface area contributed by atoms with E-state index in [1.165, 1.54) is 0 Å². The molecule has 0 bridgehead atoms. The first-order chi connectivity index (χ1) is 17.3. The summed E-state index contributed by atoms with van der Waals surface area (Å²) in [5.74, 6) is 0.556. The average molecular weight is 489 g/mol. The Morgan fingerprint density at radius 1 is 1.00 bits per heavy atom. The smallest absolute Gasteiger partial charge is 0.317 e. The third-order valence-electron chi connectivity index (χ3n) is 5.66. The highest BCUT2D eigenvalue weighted by Crippen LogP contribution is 2.30. The van der Waals surface area contributed by atoms with Crippen molar-refractivity contribution in [1.29, 1.82) is 0 Å². The van der Waals surface area contributed by atoms with E-state index in [9.17, 15) is 4.79 Å². The Bertz CT molecular complexity index is 1380. The molecule has 2 aromatic carbocycles. The van der Waals surface area contributed by atoms with Crippen LogP contribution in [0.4, 0.5) is 17.5 Å². The summed E-state index contributed by atoms with van der Waals surface area (Å²) in [7, 11) is 0. The second-order valence-corrected chi connectivity index (χ2v) is 8.40. The number of morpholine rings is 1. The number of rotatable bonds is 5. The molecule has 1 fully saturated rings. The molecular formula is C23H20N8O3S. The number of nitrogens with zero attached hydrogens (tertiary/aromatic N) is 6. The van der Waals surface area contributed by atoms with Crippen molar-refractivity contribution in [2.24, 2.45) is 4.99 Å². The van der Waals surface area contributed by atoms with Crippen molar-refractivity contribution < 1.29 is 13.9 Å². The molecule has 11 nitrogen and oxygen atoms in total. The maximum atomic E-state index is 13.0. The van der Waals surface area contributed by atoms with Gasteiger partial charge in [-0.15, -0.1) is 5.10 Å². The Morgan fingerprint density at radius 3 is 2.66 bits per heavy atom. The molecule has 4 heterocycles. The SMILES string of the molecule is O=C1Nc2ccccc2C(c2ccccc2)=N[C@@H]1Nc1nnc(-c2nsnc2N2CCOCC2)o1. The number of aromatic nitrogens is 4. The summed E-state index contributed by atoms with van der Waals surface area (Å²) in [5.41, 5.74) is 3.57. The van der Waals surface area contributed by atoms with Gasteiger partial charge in [-0.05, 0) is 6.07 Å². The topological polar surface area (TPSA) is 131 Å². The van der Waals surface area contributed by atoms with Gasteiger partial charge in [0.15, 0.2) is 11.5 Å². The van der Waals surface area contributed by atoms with E-state index in [0.717, 1.165) is 22.9 Å². The van der Waals surface area contributed by atoms with Crippen molar-refractivity contribution in [3.63, 3.8) is 0 Å². The lowest BCUT2D eigenvalue weighted by Crippen LogP contribution is -2.36. The third-order valence-corrected chi connectivity index (χ3v) is 6.18. The molecule has 6 rings (SSSR count). The van der Waals surface area contributed by atoms with Gasteiger partial charge in [-0.25, -0.2) is 4.99 Å². The number of ether oxygens (including phenoxy) is 1. The molecule has 176 valence electrons. The van der Waals surface area contributed by atoms with Crippen molar-refractivity contribution in [3.05, 3.63) is 65.7 Å². The molecule has 4 aromatic rings. The Kier molecular flexibility index (Phi) is 5.64. The highest BCUT2D eigenvalue weighted by Gasteiger charge is 2.28. The van der Waals surface area contributed by atoms with E-state index < -0.39 is 6.17 Å². The van der Waals surface area contributed by atoms with Crippen LogP contribution in [-0.2, 0) is 9.53 Å². The predicted molar refractivity (Wildman–Crippen MR) is 131 cm³/mol. The monoisotopic (exact) mass is 488 g/mol. The number of carbonyl (C=O) groups is 1. The molecule has 2 N–H and O–H groups in total. The van der Waals surface area contributed by atoms with Crippen molar-refractivity contribution in [2.45, 2.75) is 6.17 Å². The maximum absolute atomic E-state index is 13.0. The van der Waals surface area contributed by atoms with Crippen LogP contribution in [0.2, 0.25) is 0 Å². The van der Waals surface area contributed by atoms with Gasteiger partial charge in [-0.1, -0.05) is 53.6 Å². The van der Waals surface area contributed by atoms with Gasteiger partial charge in [0, 0.05) is 24.2 Å². The van der Waals surface area contributed by atoms with E-state index in [4.69, 9.17) is 14.1 Å². The Morgan fingerprint density at radius 2 is 1.80 bits per heavy atom. The van der Waals surface area contributed by atoms with Gasteiger partial charge < -0.3 is 24.7 Å². The van der Waals surface area contributed by atoms with Gasteiger partial charge in [0.25, 0.3) is 11.8 Å². The molecule has 2 aliphatic heterocycles. The van der Waals surface area contributed by atoms with Crippen LogP contribution in [-0.4, -0.2) is 63.0 Å². The Balaban J connectivity index is 1.30. The standard InChI is InChI=1S/C23H20N8O3S/c32-21-19(25-17(14-6-2-1-3-7-14)15-8-4-5-9-16(15)24-21)26-23-28-27-22(34-23)18-20(30-35-29-18)31-10-12-33-13-11-31/h1-9,19H,10-13H2,(H,24,32)(H,26,28)/t19-/m1/s1. The minimum absolute atomic E-state index is 0.0585. The molecule has 0 unspecified atom stereocenters. The third kappa shape index (κ3) is 4.24. The fourth-order valence-electron chi connectivity index (χ4n) is 3.98. The van der Waals surface area contributed by atoms with Crippen molar-refractivity contribution in [1.82, 2.24) is 18.9 Å². The second-order valence-electron chi connectivity index (χ2n) is 7.87. The zero-order valence-electron chi connectivity index (χ0n) is 18.4. The number of aliphatic imine (C=N–C) groups is 1. The number of nitrogens with one attached hydrogen (secondary N) is 2.